The highest BCUT2D eigenvalue weighted by atomic mass is 16.4. The summed E-state index contributed by atoms with van der Waals surface area (Å²) < 4.78 is 1.24. The van der Waals surface area contributed by atoms with Crippen LogP contribution < -0.4 is 5.32 Å². The molecule has 0 saturated heterocycles. The van der Waals surface area contributed by atoms with Gasteiger partial charge in [0.05, 0.1) is 6.20 Å². The van der Waals surface area contributed by atoms with Crippen LogP contribution in [-0.2, 0) is 16.8 Å². The minimum Gasteiger partial charge on any atom is -0.476 e. The summed E-state index contributed by atoms with van der Waals surface area (Å²) in [7, 11) is 0. The fourth-order valence-corrected chi connectivity index (χ4v) is 3.53. The van der Waals surface area contributed by atoms with Crippen LogP contribution >= 0.6 is 0 Å². The smallest absolute Gasteiger partial charge is 0.358 e. The minimum atomic E-state index is -1.16. The van der Waals surface area contributed by atoms with Gasteiger partial charge in [-0.05, 0) is 18.4 Å². The molecule has 0 aliphatic heterocycles. The lowest BCUT2D eigenvalue weighted by Crippen LogP contribution is -2.43. The second kappa shape index (κ2) is 7.46. The summed E-state index contributed by atoms with van der Waals surface area (Å²) in [5.74, 6) is -1.35. The van der Waals surface area contributed by atoms with Crippen LogP contribution in [0.3, 0.4) is 0 Å². The Kier molecular flexibility index (Phi) is 5.11. The quantitative estimate of drug-likeness (QED) is 0.837. The van der Waals surface area contributed by atoms with Gasteiger partial charge in [0.1, 0.15) is 6.54 Å². The molecule has 0 radical (unpaired) electrons. The van der Waals surface area contributed by atoms with E-state index in [1.807, 2.05) is 18.2 Å². The fraction of sp³-hybridized carbons (Fsp3) is 0.444. The zero-order valence-corrected chi connectivity index (χ0v) is 14.0. The van der Waals surface area contributed by atoms with Gasteiger partial charge in [0.15, 0.2) is 5.69 Å². The minimum absolute atomic E-state index is 0.0240. The van der Waals surface area contributed by atoms with E-state index >= 15 is 0 Å². The van der Waals surface area contributed by atoms with Gasteiger partial charge in [-0.3, -0.25) is 4.79 Å². The van der Waals surface area contributed by atoms with E-state index in [0.29, 0.717) is 6.54 Å². The third-order valence-corrected chi connectivity index (χ3v) is 4.88. The molecule has 7 heteroatoms. The number of rotatable bonds is 6. The molecule has 1 fully saturated rings. The summed E-state index contributed by atoms with van der Waals surface area (Å²) in [6.45, 7) is 0.543. The van der Waals surface area contributed by atoms with Gasteiger partial charge >= 0.3 is 5.97 Å². The summed E-state index contributed by atoms with van der Waals surface area (Å²) in [5.41, 5.74) is 1.08. The lowest BCUT2D eigenvalue weighted by atomic mass is 9.69. The Morgan fingerprint density at radius 1 is 1.16 bits per heavy atom. The first-order valence-electron chi connectivity index (χ1n) is 8.55. The van der Waals surface area contributed by atoms with Crippen molar-refractivity contribution in [3.63, 3.8) is 0 Å². The van der Waals surface area contributed by atoms with Crippen LogP contribution in [-0.4, -0.2) is 38.5 Å². The van der Waals surface area contributed by atoms with Gasteiger partial charge in [-0.1, -0.05) is 54.8 Å². The molecule has 0 atom stereocenters. The molecule has 3 rings (SSSR count). The number of nitrogens with one attached hydrogen (secondary N) is 1. The Balaban J connectivity index is 1.64. The van der Waals surface area contributed by atoms with Crippen LogP contribution in [0.25, 0.3) is 0 Å². The lowest BCUT2D eigenvalue weighted by Gasteiger charge is -2.38. The van der Waals surface area contributed by atoms with Gasteiger partial charge in [0.2, 0.25) is 5.91 Å². The van der Waals surface area contributed by atoms with E-state index in [4.69, 9.17) is 5.11 Å². The topological polar surface area (TPSA) is 97.1 Å². The number of carbonyl (C=O) groups excluding carboxylic acids is 1. The van der Waals surface area contributed by atoms with Crippen molar-refractivity contribution in [3.05, 3.63) is 47.8 Å². The van der Waals surface area contributed by atoms with Crippen molar-refractivity contribution in [1.29, 1.82) is 0 Å². The zero-order valence-electron chi connectivity index (χ0n) is 14.0. The molecule has 7 nitrogen and oxygen atoms in total. The molecular weight excluding hydrogens is 320 g/mol. The maximum absolute atomic E-state index is 12.3. The second-order valence-electron chi connectivity index (χ2n) is 6.59. The molecule has 1 amide bonds. The molecule has 0 spiro atoms. The van der Waals surface area contributed by atoms with Gasteiger partial charge in [-0.25, -0.2) is 9.48 Å². The number of carboxylic acids is 1. The molecule has 2 N–H and O–H groups in total. The van der Waals surface area contributed by atoms with Crippen LogP contribution in [0.5, 0.6) is 0 Å². The summed E-state index contributed by atoms with van der Waals surface area (Å²) in [5, 5.41) is 19.0. The Labute approximate surface area is 146 Å². The molecule has 1 aromatic heterocycles. The van der Waals surface area contributed by atoms with Gasteiger partial charge in [0.25, 0.3) is 0 Å². The number of aromatic nitrogens is 3. The van der Waals surface area contributed by atoms with Crippen LogP contribution in [0, 0.1) is 0 Å². The van der Waals surface area contributed by atoms with Crippen molar-refractivity contribution in [2.75, 3.05) is 6.54 Å². The molecule has 0 unspecified atom stereocenters. The van der Waals surface area contributed by atoms with Gasteiger partial charge < -0.3 is 10.4 Å². The first-order valence-corrected chi connectivity index (χ1v) is 8.55. The van der Waals surface area contributed by atoms with E-state index in [1.54, 1.807) is 0 Å². The molecule has 1 heterocycles. The van der Waals surface area contributed by atoms with Crippen molar-refractivity contribution in [2.24, 2.45) is 0 Å². The summed E-state index contributed by atoms with van der Waals surface area (Å²) in [6, 6.07) is 10.3. The van der Waals surface area contributed by atoms with E-state index in [2.05, 4.69) is 27.8 Å². The first kappa shape index (κ1) is 17.1. The number of benzene rings is 1. The number of carboxylic acid groups (broad SMARTS) is 1. The van der Waals surface area contributed by atoms with Crippen LogP contribution in [0.1, 0.15) is 48.2 Å². The van der Waals surface area contributed by atoms with E-state index in [9.17, 15) is 9.59 Å². The molecule has 2 aromatic rings. The summed E-state index contributed by atoms with van der Waals surface area (Å²) in [4.78, 5) is 23.1. The number of hydrogen-bond donors (Lipinski definition) is 2. The molecular formula is C18H22N4O3. The zero-order chi connectivity index (χ0) is 17.7. The molecule has 0 bridgehead atoms. The number of amides is 1. The Bertz CT molecular complexity index is 736. The normalized spacial score (nSPS) is 16.3. The molecule has 25 heavy (non-hydrogen) atoms. The average Bonchev–Trinajstić information content (AvgIpc) is 3.10. The van der Waals surface area contributed by atoms with Crippen molar-refractivity contribution < 1.29 is 14.7 Å². The number of aromatic carboxylic acids is 1. The average molecular weight is 342 g/mol. The maximum Gasteiger partial charge on any atom is 0.358 e. The van der Waals surface area contributed by atoms with E-state index < -0.39 is 5.97 Å². The number of carbonyl (C=O) groups is 2. The maximum atomic E-state index is 12.3. The van der Waals surface area contributed by atoms with Crippen LogP contribution in [0.2, 0.25) is 0 Å². The highest BCUT2D eigenvalue weighted by Gasteiger charge is 2.34. The Hall–Kier alpha value is -2.70. The van der Waals surface area contributed by atoms with Crippen molar-refractivity contribution >= 4 is 11.9 Å². The highest BCUT2D eigenvalue weighted by molar-refractivity contribution is 5.84. The van der Waals surface area contributed by atoms with Gasteiger partial charge in [-0.15, -0.1) is 5.10 Å². The number of hydrogen-bond acceptors (Lipinski definition) is 4. The molecule has 132 valence electrons. The van der Waals surface area contributed by atoms with Crippen LogP contribution in [0.15, 0.2) is 36.5 Å². The summed E-state index contributed by atoms with van der Waals surface area (Å²) in [6.07, 6.45) is 6.94. The third-order valence-electron chi connectivity index (χ3n) is 4.88. The van der Waals surface area contributed by atoms with Gasteiger partial charge in [-0.2, -0.15) is 0 Å². The lowest BCUT2D eigenvalue weighted by molar-refractivity contribution is -0.122. The predicted molar refractivity (Wildman–Crippen MR) is 91.2 cm³/mol. The fourth-order valence-electron chi connectivity index (χ4n) is 3.53. The Morgan fingerprint density at radius 3 is 2.52 bits per heavy atom. The van der Waals surface area contributed by atoms with E-state index in [1.165, 1.54) is 22.9 Å². The van der Waals surface area contributed by atoms with Crippen molar-refractivity contribution in [1.82, 2.24) is 20.3 Å². The largest absolute Gasteiger partial charge is 0.476 e. The number of nitrogens with zero attached hydrogens (tertiary/aromatic N) is 3. The molecule has 1 saturated carbocycles. The van der Waals surface area contributed by atoms with Crippen molar-refractivity contribution in [3.8, 4) is 0 Å². The summed E-state index contributed by atoms with van der Waals surface area (Å²) >= 11 is 0. The first-order chi connectivity index (χ1) is 12.1. The third kappa shape index (κ3) is 4.04. The monoisotopic (exact) mass is 342 g/mol. The van der Waals surface area contributed by atoms with Crippen LogP contribution in [0.4, 0.5) is 0 Å². The standard InChI is InChI=1S/C18H22N4O3/c23-16(12-22-11-15(17(24)25)20-21-22)19-13-18(9-5-2-6-10-18)14-7-3-1-4-8-14/h1,3-4,7-8,11H,2,5-6,9-10,12-13H2,(H,19,23)(H,24,25). The Morgan fingerprint density at radius 2 is 1.88 bits per heavy atom. The molecule has 1 aliphatic rings. The van der Waals surface area contributed by atoms with Crippen molar-refractivity contribution in [2.45, 2.75) is 44.1 Å². The SMILES string of the molecule is O=C(Cn1cc(C(=O)O)nn1)NCC1(c2ccccc2)CCCCC1. The highest BCUT2D eigenvalue weighted by Crippen LogP contribution is 2.38. The molecule has 1 aromatic carbocycles. The van der Waals surface area contributed by atoms with E-state index in [-0.39, 0.29) is 23.6 Å². The predicted octanol–water partition coefficient (Wildman–Crippen LogP) is 1.99. The second-order valence-corrected chi connectivity index (χ2v) is 6.59. The molecule has 1 aliphatic carbocycles. The van der Waals surface area contributed by atoms with E-state index in [0.717, 1.165) is 25.7 Å². The van der Waals surface area contributed by atoms with Gasteiger partial charge in [0, 0.05) is 12.0 Å².